The summed E-state index contributed by atoms with van der Waals surface area (Å²) in [7, 11) is -9.91. The summed E-state index contributed by atoms with van der Waals surface area (Å²) < 4.78 is 68.4. The first-order chi connectivity index (χ1) is 45.2. The first-order valence-electron chi connectivity index (χ1n) is 38.8. The van der Waals surface area contributed by atoms with Gasteiger partial charge in [-0.05, 0) is 49.4 Å². The maximum atomic E-state index is 13.1. The molecular weight excluding hydrogens is 1230 g/mol. The normalized spacial score (nSPS) is 14.7. The van der Waals surface area contributed by atoms with E-state index >= 15 is 0 Å². The molecule has 3 N–H and O–H groups in total. The molecule has 558 valence electrons. The molecule has 19 heteroatoms. The maximum absolute atomic E-state index is 13.1. The highest BCUT2D eigenvalue weighted by atomic mass is 31.2. The van der Waals surface area contributed by atoms with Crippen molar-refractivity contribution in [1.29, 1.82) is 0 Å². The average Bonchev–Trinajstić information content (AvgIpc) is 1.88. The van der Waals surface area contributed by atoms with Gasteiger partial charge in [-0.2, -0.15) is 0 Å². The third-order valence-electron chi connectivity index (χ3n) is 18.0. The van der Waals surface area contributed by atoms with Gasteiger partial charge >= 0.3 is 39.5 Å². The van der Waals surface area contributed by atoms with Crippen molar-refractivity contribution in [2.24, 2.45) is 23.7 Å². The molecule has 94 heavy (non-hydrogen) atoms. The van der Waals surface area contributed by atoms with E-state index in [1.165, 1.54) is 173 Å². The van der Waals surface area contributed by atoms with Crippen LogP contribution in [0.25, 0.3) is 0 Å². The van der Waals surface area contributed by atoms with E-state index in [1.807, 2.05) is 0 Å². The quantitative estimate of drug-likeness (QED) is 0.0222. The Morgan fingerprint density at radius 3 is 0.755 bits per heavy atom. The molecule has 0 bridgehead atoms. The lowest BCUT2D eigenvalue weighted by Crippen LogP contribution is -2.30. The molecule has 0 fully saturated rings. The fourth-order valence-electron chi connectivity index (χ4n) is 11.3. The van der Waals surface area contributed by atoms with Gasteiger partial charge in [0.05, 0.1) is 26.4 Å². The molecule has 0 rings (SSSR count). The van der Waals surface area contributed by atoms with Gasteiger partial charge in [-0.3, -0.25) is 37.3 Å². The van der Waals surface area contributed by atoms with Gasteiger partial charge < -0.3 is 33.8 Å². The second-order valence-corrected chi connectivity index (χ2v) is 31.4. The zero-order valence-electron chi connectivity index (χ0n) is 61.6. The lowest BCUT2D eigenvalue weighted by Gasteiger charge is -2.21. The molecule has 0 saturated heterocycles. The van der Waals surface area contributed by atoms with E-state index in [0.717, 1.165) is 120 Å². The van der Waals surface area contributed by atoms with Gasteiger partial charge in [0.25, 0.3) is 0 Å². The van der Waals surface area contributed by atoms with Crippen LogP contribution in [0.5, 0.6) is 0 Å². The monoisotopic (exact) mass is 1380 g/mol. The highest BCUT2D eigenvalue weighted by molar-refractivity contribution is 7.47. The number of carbonyl (C=O) groups is 4. The van der Waals surface area contributed by atoms with Crippen LogP contribution in [0.2, 0.25) is 0 Å². The molecule has 0 aromatic rings. The largest absolute Gasteiger partial charge is 0.472 e. The third kappa shape index (κ3) is 66.0. The molecular formula is C75H146O17P2. The van der Waals surface area contributed by atoms with E-state index in [-0.39, 0.29) is 25.7 Å². The van der Waals surface area contributed by atoms with Crippen LogP contribution in [0.15, 0.2) is 0 Å². The fourth-order valence-corrected chi connectivity index (χ4v) is 12.9. The third-order valence-corrected chi connectivity index (χ3v) is 19.9. The summed E-state index contributed by atoms with van der Waals surface area (Å²) in [5.74, 6) is 0.921. The highest BCUT2D eigenvalue weighted by Crippen LogP contribution is 2.45. The van der Waals surface area contributed by atoms with Crippen LogP contribution >= 0.6 is 15.6 Å². The van der Waals surface area contributed by atoms with Crippen LogP contribution in [0.4, 0.5) is 0 Å². The lowest BCUT2D eigenvalue weighted by atomic mass is 9.99. The van der Waals surface area contributed by atoms with Crippen molar-refractivity contribution < 1.29 is 80.2 Å². The molecule has 17 nitrogen and oxygen atoms in total. The van der Waals surface area contributed by atoms with Crippen molar-refractivity contribution in [3.8, 4) is 0 Å². The SMILES string of the molecule is CCC(C)CCCCCCCCCCC(=O)OC[C@H](COP(=O)(O)OC[C@@H](O)COP(=O)(O)OC[C@@H](COC(=O)CCCCCCCCC(C)CC)OC(=O)CCCCCCCCCCC(C)C)OC(=O)CCCCCCCCCCCCCCCCCCCCC(C)C. The van der Waals surface area contributed by atoms with Gasteiger partial charge in [0, 0.05) is 25.7 Å². The molecule has 0 aliphatic heterocycles. The Morgan fingerprint density at radius 1 is 0.298 bits per heavy atom. The number of hydrogen-bond donors (Lipinski definition) is 3. The number of aliphatic hydroxyl groups excluding tert-OH is 1. The van der Waals surface area contributed by atoms with Crippen LogP contribution < -0.4 is 0 Å². The Bertz CT molecular complexity index is 1850. The molecule has 0 aromatic carbocycles. The van der Waals surface area contributed by atoms with E-state index in [1.54, 1.807) is 0 Å². The topological polar surface area (TPSA) is 237 Å². The zero-order chi connectivity index (χ0) is 69.6. The average molecular weight is 1380 g/mol. The smallest absolute Gasteiger partial charge is 0.462 e. The van der Waals surface area contributed by atoms with E-state index in [9.17, 15) is 43.2 Å². The van der Waals surface area contributed by atoms with Gasteiger partial charge in [0.2, 0.25) is 0 Å². The fraction of sp³-hybridized carbons (Fsp3) is 0.947. The number of aliphatic hydroxyl groups is 1. The van der Waals surface area contributed by atoms with Crippen LogP contribution in [-0.2, 0) is 65.4 Å². The molecule has 0 aromatic heterocycles. The number of ether oxygens (including phenoxy) is 4. The highest BCUT2D eigenvalue weighted by Gasteiger charge is 2.30. The summed E-state index contributed by atoms with van der Waals surface area (Å²) in [6.45, 7) is 14.1. The minimum Gasteiger partial charge on any atom is -0.462 e. The number of phosphoric acid groups is 2. The molecule has 0 radical (unpaired) electrons. The second kappa shape index (κ2) is 64.4. The summed E-state index contributed by atoms with van der Waals surface area (Å²) in [6, 6.07) is 0. The van der Waals surface area contributed by atoms with Crippen molar-refractivity contribution in [1.82, 2.24) is 0 Å². The van der Waals surface area contributed by atoms with Crippen molar-refractivity contribution in [2.75, 3.05) is 39.6 Å². The predicted octanol–water partition coefficient (Wildman–Crippen LogP) is 21.7. The van der Waals surface area contributed by atoms with Crippen molar-refractivity contribution in [3.05, 3.63) is 0 Å². The number of unbranched alkanes of at least 4 members (excludes halogenated alkanes) is 36. The Morgan fingerprint density at radius 2 is 0.511 bits per heavy atom. The summed E-state index contributed by atoms with van der Waals surface area (Å²) in [5.41, 5.74) is 0. The first-order valence-corrected chi connectivity index (χ1v) is 41.8. The zero-order valence-corrected chi connectivity index (χ0v) is 63.4. The molecule has 0 heterocycles. The maximum Gasteiger partial charge on any atom is 0.472 e. The Balaban J connectivity index is 5.20. The number of carbonyl (C=O) groups excluding carboxylic acids is 4. The predicted molar refractivity (Wildman–Crippen MR) is 381 cm³/mol. The molecule has 4 unspecified atom stereocenters. The van der Waals surface area contributed by atoms with Crippen molar-refractivity contribution in [3.63, 3.8) is 0 Å². The van der Waals surface area contributed by atoms with Crippen LogP contribution in [0.1, 0.15) is 376 Å². The van der Waals surface area contributed by atoms with Crippen LogP contribution in [-0.4, -0.2) is 96.7 Å². The Labute approximate surface area is 575 Å². The van der Waals surface area contributed by atoms with Crippen molar-refractivity contribution >= 4 is 39.5 Å². The summed E-state index contributed by atoms with van der Waals surface area (Å²) >= 11 is 0. The molecule has 0 aliphatic rings. The van der Waals surface area contributed by atoms with E-state index in [0.29, 0.717) is 25.7 Å². The molecule has 7 atom stereocenters. The van der Waals surface area contributed by atoms with E-state index in [2.05, 4.69) is 55.4 Å². The van der Waals surface area contributed by atoms with Crippen LogP contribution in [0.3, 0.4) is 0 Å². The van der Waals surface area contributed by atoms with Gasteiger partial charge in [0.1, 0.15) is 19.3 Å². The van der Waals surface area contributed by atoms with Crippen LogP contribution in [0, 0.1) is 23.7 Å². The first kappa shape index (κ1) is 92.1. The standard InChI is InChI=1S/C75H146O17P2/c1-9-67(7)53-45-37-29-24-26-30-39-47-55-72(77)85-61-70(91-74(79)57-49-41-31-22-20-18-16-14-12-11-13-15-17-19-21-27-35-43-51-65(3)4)63-89-93(81,82)87-59-69(76)60-88-94(83,84)90-64-71(62-86-73(78)56-48-40-34-33-38-46-54-68(8)10-2)92-75(80)58-50-42-32-25-23-28-36-44-52-66(5)6/h65-71,76H,9-64H2,1-8H3,(H,81,82)(H,83,84)/t67?,68?,69-,70-,71-/m1/s1. The molecule has 0 aliphatic carbocycles. The van der Waals surface area contributed by atoms with E-state index < -0.39 is 97.5 Å². The summed E-state index contributed by atoms with van der Waals surface area (Å²) in [6.07, 6.45) is 48.7. The lowest BCUT2D eigenvalue weighted by molar-refractivity contribution is -0.161. The second-order valence-electron chi connectivity index (χ2n) is 28.5. The number of esters is 4. The van der Waals surface area contributed by atoms with Crippen molar-refractivity contribution in [2.45, 2.75) is 395 Å². The Hall–Kier alpha value is -1.94. The number of phosphoric ester groups is 2. The summed E-state index contributed by atoms with van der Waals surface area (Å²) in [4.78, 5) is 72.7. The van der Waals surface area contributed by atoms with Gasteiger partial charge in [-0.15, -0.1) is 0 Å². The molecule has 0 saturated carbocycles. The molecule has 0 amide bonds. The van der Waals surface area contributed by atoms with Gasteiger partial charge in [0.15, 0.2) is 12.2 Å². The molecule has 0 spiro atoms. The van der Waals surface area contributed by atoms with Gasteiger partial charge in [-0.1, -0.05) is 325 Å². The summed E-state index contributed by atoms with van der Waals surface area (Å²) in [5, 5.41) is 10.6. The Kier molecular flexibility index (Phi) is 63.1. The number of rotatable bonds is 72. The van der Waals surface area contributed by atoms with Gasteiger partial charge in [-0.25, -0.2) is 9.13 Å². The minimum atomic E-state index is -4.96. The van der Waals surface area contributed by atoms with E-state index in [4.69, 9.17) is 37.0 Å². The minimum absolute atomic E-state index is 0.103. The number of hydrogen-bond acceptors (Lipinski definition) is 15.